The van der Waals surface area contributed by atoms with Crippen LogP contribution in [0.5, 0.6) is 0 Å². The van der Waals surface area contributed by atoms with E-state index in [0.29, 0.717) is 12.1 Å². The normalized spacial score (nSPS) is 10.5. The van der Waals surface area contributed by atoms with Crippen LogP contribution in [0.25, 0.3) is 0 Å². The Kier molecular flexibility index (Phi) is 4.59. The zero-order valence-corrected chi connectivity index (χ0v) is 11.2. The van der Waals surface area contributed by atoms with Crippen LogP contribution >= 0.6 is 11.8 Å². The molecule has 1 heterocycles. The molecule has 3 nitrogen and oxygen atoms in total. The summed E-state index contributed by atoms with van der Waals surface area (Å²) in [7, 11) is 0. The maximum atomic E-state index is 11.8. The molecule has 4 heteroatoms. The smallest absolute Gasteiger partial charge is 0.269 e. The number of benzene rings is 1. The summed E-state index contributed by atoms with van der Waals surface area (Å²) < 4.78 is 0. The van der Waals surface area contributed by atoms with E-state index in [9.17, 15) is 4.79 Å². The van der Waals surface area contributed by atoms with Crippen LogP contribution in [-0.2, 0) is 12.8 Å². The highest BCUT2D eigenvalue weighted by molar-refractivity contribution is 7.98. The molecule has 1 aromatic carbocycles. The predicted molar refractivity (Wildman–Crippen MR) is 76.2 cm³/mol. The van der Waals surface area contributed by atoms with Crippen LogP contribution in [0.1, 0.15) is 17.0 Å². The molecule has 0 spiro atoms. The van der Waals surface area contributed by atoms with E-state index in [0.717, 1.165) is 17.9 Å². The number of rotatable bonds is 5. The van der Waals surface area contributed by atoms with Crippen molar-refractivity contribution in [3.8, 4) is 0 Å². The zero-order valence-electron chi connectivity index (χ0n) is 10.3. The molecule has 0 bridgehead atoms. The summed E-state index contributed by atoms with van der Waals surface area (Å²) in [5.74, 6) is 0.925. The summed E-state index contributed by atoms with van der Waals surface area (Å²) >= 11 is 1.72. The molecule has 1 N–H and O–H groups in total. The highest BCUT2D eigenvalue weighted by Gasteiger charge is 2.03. The van der Waals surface area contributed by atoms with Crippen molar-refractivity contribution in [1.29, 1.82) is 0 Å². The molecule has 0 saturated heterocycles. The molecule has 0 fully saturated rings. The van der Waals surface area contributed by atoms with Crippen LogP contribution in [0.15, 0.2) is 41.3 Å². The van der Waals surface area contributed by atoms with E-state index < -0.39 is 0 Å². The molecule has 0 saturated carbocycles. The SMILES string of the molecule is CSCCc1ncc(Cc2ccccc2)[nH]c1=O. The molecular weight excluding hydrogens is 244 g/mol. The van der Waals surface area contributed by atoms with Crippen molar-refractivity contribution in [2.45, 2.75) is 12.8 Å². The number of aromatic nitrogens is 2. The summed E-state index contributed by atoms with van der Waals surface area (Å²) in [5, 5.41) is 0. The Morgan fingerprint density at radius 3 is 2.72 bits per heavy atom. The minimum Gasteiger partial charge on any atom is -0.323 e. The van der Waals surface area contributed by atoms with E-state index in [4.69, 9.17) is 0 Å². The Morgan fingerprint density at radius 2 is 2.06 bits per heavy atom. The van der Waals surface area contributed by atoms with Gasteiger partial charge in [-0.2, -0.15) is 11.8 Å². The summed E-state index contributed by atoms with van der Waals surface area (Å²) in [6, 6.07) is 10.1. The van der Waals surface area contributed by atoms with Gasteiger partial charge in [-0.15, -0.1) is 0 Å². The molecular formula is C14H16N2OS. The molecule has 1 aromatic heterocycles. The highest BCUT2D eigenvalue weighted by atomic mass is 32.2. The van der Waals surface area contributed by atoms with E-state index in [1.807, 2.05) is 36.6 Å². The van der Waals surface area contributed by atoms with Gasteiger partial charge < -0.3 is 4.98 Å². The van der Waals surface area contributed by atoms with Crippen molar-refractivity contribution in [2.75, 3.05) is 12.0 Å². The molecule has 2 rings (SSSR count). The summed E-state index contributed by atoms with van der Waals surface area (Å²) in [4.78, 5) is 19.0. The number of aryl methyl sites for hydroxylation is 1. The third-order valence-electron chi connectivity index (χ3n) is 2.69. The van der Waals surface area contributed by atoms with Crippen LogP contribution in [0.4, 0.5) is 0 Å². The first-order chi connectivity index (χ1) is 8.79. The van der Waals surface area contributed by atoms with Gasteiger partial charge in [0.25, 0.3) is 5.56 Å². The first-order valence-corrected chi connectivity index (χ1v) is 7.29. The first kappa shape index (κ1) is 12.9. The van der Waals surface area contributed by atoms with Gasteiger partial charge >= 0.3 is 0 Å². The second-order valence-corrected chi connectivity index (χ2v) is 5.08. The second kappa shape index (κ2) is 6.40. The molecule has 0 aliphatic heterocycles. The number of aromatic amines is 1. The van der Waals surface area contributed by atoms with E-state index in [2.05, 4.69) is 9.97 Å². The number of H-pyrrole nitrogens is 1. The molecule has 0 radical (unpaired) electrons. The third-order valence-corrected chi connectivity index (χ3v) is 3.31. The third kappa shape index (κ3) is 3.47. The Labute approximate surface area is 111 Å². The van der Waals surface area contributed by atoms with Gasteiger partial charge in [0.15, 0.2) is 0 Å². The van der Waals surface area contributed by atoms with E-state index >= 15 is 0 Å². The van der Waals surface area contributed by atoms with Gasteiger partial charge in [-0.25, -0.2) is 0 Å². The van der Waals surface area contributed by atoms with E-state index in [1.54, 1.807) is 18.0 Å². The van der Waals surface area contributed by atoms with Crippen LogP contribution in [0.2, 0.25) is 0 Å². The van der Waals surface area contributed by atoms with Gasteiger partial charge in [-0.05, 0) is 17.6 Å². The van der Waals surface area contributed by atoms with Gasteiger partial charge in [0.1, 0.15) is 5.69 Å². The fraction of sp³-hybridized carbons (Fsp3) is 0.286. The fourth-order valence-electron chi connectivity index (χ4n) is 1.75. The van der Waals surface area contributed by atoms with Crippen LogP contribution in [0.3, 0.4) is 0 Å². The topological polar surface area (TPSA) is 45.8 Å². The molecule has 0 unspecified atom stereocenters. The Balaban J connectivity index is 2.12. The van der Waals surface area contributed by atoms with Gasteiger partial charge in [0.2, 0.25) is 0 Å². The molecule has 0 atom stereocenters. The van der Waals surface area contributed by atoms with Crippen LogP contribution in [-0.4, -0.2) is 22.0 Å². The van der Waals surface area contributed by atoms with Crippen molar-refractivity contribution < 1.29 is 0 Å². The highest BCUT2D eigenvalue weighted by Crippen LogP contribution is 2.05. The largest absolute Gasteiger partial charge is 0.323 e. The van der Waals surface area contributed by atoms with Crippen molar-refractivity contribution in [2.24, 2.45) is 0 Å². The monoisotopic (exact) mass is 260 g/mol. The van der Waals surface area contributed by atoms with Crippen molar-refractivity contribution in [3.05, 3.63) is 63.8 Å². The summed E-state index contributed by atoms with van der Waals surface area (Å²) in [6.07, 6.45) is 5.23. The number of hydrogen-bond acceptors (Lipinski definition) is 3. The Morgan fingerprint density at radius 1 is 1.28 bits per heavy atom. The minimum atomic E-state index is -0.0579. The molecule has 0 aliphatic rings. The Hall–Kier alpha value is -1.55. The summed E-state index contributed by atoms with van der Waals surface area (Å²) in [5.41, 5.74) is 2.60. The van der Waals surface area contributed by atoms with Gasteiger partial charge in [-0.1, -0.05) is 30.3 Å². The number of thioether (sulfide) groups is 1. The average Bonchev–Trinajstić information content (AvgIpc) is 2.39. The minimum absolute atomic E-state index is 0.0579. The molecule has 2 aromatic rings. The molecule has 94 valence electrons. The van der Waals surface area contributed by atoms with Crippen molar-refractivity contribution in [1.82, 2.24) is 9.97 Å². The maximum absolute atomic E-state index is 11.8. The molecule has 18 heavy (non-hydrogen) atoms. The van der Waals surface area contributed by atoms with Crippen LogP contribution < -0.4 is 5.56 Å². The lowest BCUT2D eigenvalue weighted by Crippen LogP contribution is -2.17. The number of nitrogens with one attached hydrogen (secondary N) is 1. The average molecular weight is 260 g/mol. The second-order valence-electron chi connectivity index (χ2n) is 4.09. The maximum Gasteiger partial charge on any atom is 0.269 e. The number of nitrogens with zero attached hydrogens (tertiary/aromatic N) is 1. The predicted octanol–water partition coefficient (Wildman–Crippen LogP) is 2.27. The van der Waals surface area contributed by atoms with Gasteiger partial charge in [0.05, 0.1) is 0 Å². The quantitative estimate of drug-likeness (QED) is 0.897. The standard InChI is InChI=1S/C14H16N2OS/c1-18-8-7-13-14(17)16-12(10-15-13)9-11-5-3-2-4-6-11/h2-6,10H,7-9H2,1H3,(H,16,17). The zero-order chi connectivity index (χ0) is 12.8. The van der Waals surface area contributed by atoms with Crippen LogP contribution in [0, 0.1) is 0 Å². The summed E-state index contributed by atoms with van der Waals surface area (Å²) in [6.45, 7) is 0. The Bertz CT molecular complexity index is 551. The molecule has 0 amide bonds. The fourth-order valence-corrected chi connectivity index (χ4v) is 2.14. The lowest BCUT2D eigenvalue weighted by Gasteiger charge is -2.03. The first-order valence-electron chi connectivity index (χ1n) is 5.89. The van der Waals surface area contributed by atoms with E-state index in [-0.39, 0.29) is 5.56 Å². The lowest BCUT2D eigenvalue weighted by molar-refractivity contribution is 0.921. The van der Waals surface area contributed by atoms with Crippen molar-refractivity contribution in [3.63, 3.8) is 0 Å². The lowest BCUT2D eigenvalue weighted by atomic mass is 10.1. The van der Waals surface area contributed by atoms with Crippen molar-refractivity contribution >= 4 is 11.8 Å². The molecule has 0 aliphatic carbocycles. The van der Waals surface area contributed by atoms with E-state index in [1.165, 1.54) is 5.56 Å². The van der Waals surface area contributed by atoms with Gasteiger partial charge in [0, 0.05) is 24.7 Å². The van der Waals surface area contributed by atoms with Gasteiger partial charge in [-0.3, -0.25) is 9.78 Å². The number of hydrogen-bond donors (Lipinski definition) is 1.